The minimum atomic E-state index is -0.211. The van der Waals surface area contributed by atoms with Crippen molar-refractivity contribution >= 4 is 17.7 Å². The Morgan fingerprint density at radius 1 is 1.27 bits per heavy atom. The van der Waals surface area contributed by atoms with Crippen LogP contribution in [0.3, 0.4) is 0 Å². The second kappa shape index (κ2) is 7.02. The zero-order valence-corrected chi connectivity index (χ0v) is 13.6. The van der Waals surface area contributed by atoms with Gasteiger partial charge in [-0.25, -0.2) is 0 Å². The Balaban J connectivity index is 1.71. The predicted octanol–water partition coefficient (Wildman–Crippen LogP) is 1.67. The van der Waals surface area contributed by atoms with E-state index in [4.69, 9.17) is 0 Å². The molecule has 3 rings (SSSR count). The summed E-state index contributed by atoms with van der Waals surface area (Å²) >= 11 is 1.95. The average Bonchev–Trinajstić information content (AvgIpc) is 3.36. The van der Waals surface area contributed by atoms with Gasteiger partial charge in [-0.3, -0.25) is 9.69 Å². The topological polar surface area (TPSA) is 52.6 Å². The van der Waals surface area contributed by atoms with Crippen molar-refractivity contribution in [2.45, 2.75) is 18.9 Å². The molecule has 0 bridgehead atoms. The van der Waals surface area contributed by atoms with E-state index in [-0.39, 0.29) is 24.0 Å². The summed E-state index contributed by atoms with van der Waals surface area (Å²) in [5.74, 6) is 2.23. The summed E-state index contributed by atoms with van der Waals surface area (Å²) in [5, 5.41) is 12.5. The Morgan fingerprint density at radius 3 is 2.55 bits per heavy atom. The molecular weight excluding hydrogens is 296 g/mol. The Bertz CT molecular complexity index is 499. The van der Waals surface area contributed by atoms with Crippen LogP contribution in [0.5, 0.6) is 0 Å². The van der Waals surface area contributed by atoms with Gasteiger partial charge in [-0.2, -0.15) is 11.8 Å². The lowest BCUT2D eigenvalue weighted by Crippen LogP contribution is -2.45. The molecule has 1 aliphatic heterocycles. The first-order valence-electron chi connectivity index (χ1n) is 7.99. The van der Waals surface area contributed by atoms with Crippen LogP contribution in [0.4, 0.5) is 0 Å². The first kappa shape index (κ1) is 15.8. The molecule has 120 valence electrons. The molecule has 5 heteroatoms. The summed E-state index contributed by atoms with van der Waals surface area (Å²) in [4.78, 5) is 15.1. The van der Waals surface area contributed by atoms with Crippen molar-refractivity contribution < 1.29 is 9.90 Å². The number of hydrogen-bond donors (Lipinski definition) is 2. The van der Waals surface area contributed by atoms with Gasteiger partial charge in [-0.05, 0) is 18.4 Å². The highest BCUT2D eigenvalue weighted by molar-refractivity contribution is 7.99. The molecule has 1 heterocycles. The van der Waals surface area contributed by atoms with Crippen LogP contribution in [-0.2, 0) is 4.79 Å². The smallest absolute Gasteiger partial charge is 0.241 e. The van der Waals surface area contributed by atoms with Gasteiger partial charge in [0.15, 0.2) is 0 Å². The standard InChI is InChI=1S/C17H24N2O2S/c20-13-17(6-7-17)12-18-16(21)15(14-4-2-1-3-5-14)19-8-10-22-11-9-19/h1-5,15,20H,6-13H2,(H,18,21). The third-order valence-corrected chi connectivity index (χ3v) is 5.65. The summed E-state index contributed by atoms with van der Waals surface area (Å²) in [5.41, 5.74) is 1.01. The minimum absolute atomic E-state index is 0.0470. The maximum Gasteiger partial charge on any atom is 0.241 e. The minimum Gasteiger partial charge on any atom is -0.396 e. The van der Waals surface area contributed by atoms with Crippen molar-refractivity contribution in [1.29, 1.82) is 0 Å². The molecule has 1 amide bonds. The molecular formula is C17H24N2O2S. The highest BCUT2D eigenvalue weighted by Crippen LogP contribution is 2.44. The molecule has 22 heavy (non-hydrogen) atoms. The van der Waals surface area contributed by atoms with E-state index in [2.05, 4.69) is 10.2 Å². The van der Waals surface area contributed by atoms with Gasteiger partial charge < -0.3 is 10.4 Å². The number of benzene rings is 1. The summed E-state index contributed by atoms with van der Waals surface area (Å²) in [6.07, 6.45) is 2.03. The summed E-state index contributed by atoms with van der Waals surface area (Å²) < 4.78 is 0. The van der Waals surface area contributed by atoms with Gasteiger partial charge in [0.2, 0.25) is 5.91 Å². The number of aliphatic hydroxyl groups is 1. The Labute approximate surface area is 136 Å². The zero-order chi connectivity index (χ0) is 15.4. The number of nitrogens with one attached hydrogen (secondary N) is 1. The Kier molecular flexibility index (Phi) is 5.06. The number of aliphatic hydroxyl groups excluding tert-OH is 1. The van der Waals surface area contributed by atoms with E-state index in [1.54, 1.807) is 0 Å². The van der Waals surface area contributed by atoms with Crippen molar-refractivity contribution in [3.63, 3.8) is 0 Å². The van der Waals surface area contributed by atoms with E-state index in [9.17, 15) is 9.90 Å². The first-order valence-corrected chi connectivity index (χ1v) is 9.15. The highest BCUT2D eigenvalue weighted by atomic mass is 32.2. The van der Waals surface area contributed by atoms with Crippen LogP contribution < -0.4 is 5.32 Å². The van der Waals surface area contributed by atoms with Gasteiger partial charge in [0.1, 0.15) is 6.04 Å². The number of hydrogen-bond acceptors (Lipinski definition) is 4. The Morgan fingerprint density at radius 2 is 1.95 bits per heavy atom. The molecule has 0 spiro atoms. The van der Waals surface area contributed by atoms with Crippen molar-refractivity contribution in [3.05, 3.63) is 35.9 Å². The second-order valence-electron chi connectivity index (χ2n) is 6.34. The van der Waals surface area contributed by atoms with Crippen molar-refractivity contribution in [2.75, 3.05) is 37.7 Å². The molecule has 1 aromatic rings. The lowest BCUT2D eigenvalue weighted by atomic mass is 10.0. The molecule has 1 aliphatic carbocycles. The van der Waals surface area contributed by atoms with Crippen LogP contribution in [0.2, 0.25) is 0 Å². The van der Waals surface area contributed by atoms with Gasteiger partial charge in [0.25, 0.3) is 0 Å². The van der Waals surface area contributed by atoms with Gasteiger partial charge in [-0.15, -0.1) is 0 Å². The van der Waals surface area contributed by atoms with Crippen LogP contribution >= 0.6 is 11.8 Å². The maximum absolute atomic E-state index is 12.8. The molecule has 2 aliphatic rings. The molecule has 2 N–H and O–H groups in total. The van der Waals surface area contributed by atoms with Crippen molar-refractivity contribution in [2.24, 2.45) is 5.41 Å². The molecule has 1 unspecified atom stereocenters. The quantitative estimate of drug-likeness (QED) is 0.837. The molecule has 0 radical (unpaired) electrons. The maximum atomic E-state index is 12.8. The SMILES string of the molecule is O=C(NCC1(CO)CC1)C(c1ccccc1)N1CCSCC1. The molecule has 0 aromatic heterocycles. The summed E-state index contributed by atoms with van der Waals surface area (Å²) in [6, 6.07) is 9.82. The molecule has 1 atom stereocenters. The van der Waals surface area contributed by atoms with E-state index in [1.165, 1.54) is 0 Å². The zero-order valence-electron chi connectivity index (χ0n) is 12.8. The van der Waals surface area contributed by atoms with Gasteiger partial charge >= 0.3 is 0 Å². The van der Waals surface area contributed by atoms with Crippen LogP contribution in [0.15, 0.2) is 30.3 Å². The normalized spacial score (nSPS) is 22.0. The highest BCUT2D eigenvalue weighted by Gasteiger charge is 2.42. The Hall–Kier alpha value is -1.04. The fourth-order valence-electron chi connectivity index (χ4n) is 2.94. The second-order valence-corrected chi connectivity index (χ2v) is 7.56. The first-order chi connectivity index (χ1) is 10.7. The van der Waals surface area contributed by atoms with Gasteiger partial charge in [0.05, 0.1) is 6.61 Å². The lowest BCUT2D eigenvalue weighted by molar-refractivity contribution is -0.127. The fraction of sp³-hybridized carbons (Fsp3) is 0.588. The largest absolute Gasteiger partial charge is 0.396 e. The lowest BCUT2D eigenvalue weighted by Gasteiger charge is -2.34. The van der Waals surface area contributed by atoms with Crippen LogP contribution in [0.25, 0.3) is 0 Å². The number of rotatable bonds is 6. The van der Waals surface area contributed by atoms with Crippen LogP contribution in [-0.4, -0.2) is 53.7 Å². The van der Waals surface area contributed by atoms with Crippen molar-refractivity contribution in [1.82, 2.24) is 10.2 Å². The number of nitrogens with zero attached hydrogens (tertiary/aromatic N) is 1. The molecule has 2 fully saturated rings. The van der Waals surface area contributed by atoms with E-state index >= 15 is 0 Å². The monoisotopic (exact) mass is 320 g/mol. The number of carbonyl (C=O) groups excluding carboxylic acids is 1. The summed E-state index contributed by atoms with van der Waals surface area (Å²) in [6.45, 7) is 2.66. The van der Waals surface area contributed by atoms with E-state index in [0.29, 0.717) is 6.54 Å². The van der Waals surface area contributed by atoms with E-state index < -0.39 is 0 Å². The molecule has 1 saturated heterocycles. The van der Waals surface area contributed by atoms with E-state index in [0.717, 1.165) is 43.0 Å². The van der Waals surface area contributed by atoms with Crippen LogP contribution in [0, 0.1) is 5.41 Å². The van der Waals surface area contributed by atoms with Crippen molar-refractivity contribution in [3.8, 4) is 0 Å². The molecule has 1 saturated carbocycles. The fourth-order valence-corrected chi connectivity index (χ4v) is 3.87. The average molecular weight is 320 g/mol. The number of thioether (sulfide) groups is 1. The number of carbonyl (C=O) groups is 1. The third-order valence-electron chi connectivity index (χ3n) is 4.70. The molecule has 4 nitrogen and oxygen atoms in total. The predicted molar refractivity (Wildman–Crippen MR) is 89.8 cm³/mol. The third kappa shape index (κ3) is 3.65. The number of amides is 1. The van der Waals surface area contributed by atoms with Gasteiger partial charge in [-0.1, -0.05) is 30.3 Å². The summed E-state index contributed by atoms with van der Waals surface area (Å²) in [7, 11) is 0. The van der Waals surface area contributed by atoms with Gasteiger partial charge in [0, 0.05) is 36.6 Å². The van der Waals surface area contributed by atoms with E-state index in [1.807, 2.05) is 42.1 Å². The molecule has 1 aromatic carbocycles. The van der Waals surface area contributed by atoms with Crippen LogP contribution in [0.1, 0.15) is 24.4 Å².